The fraction of sp³-hybridized carbons (Fsp3) is 0.267. The molecular formula is C30H31O11P. The van der Waals surface area contributed by atoms with Gasteiger partial charge in [0.1, 0.15) is 11.5 Å². The van der Waals surface area contributed by atoms with E-state index in [9.17, 15) is 23.7 Å². The first-order valence-corrected chi connectivity index (χ1v) is 14.5. The van der Waals surface area contributed by atoms with Crippen LogP contribution in [-0.2, 0) is 55.1 Å². The van der Waals surface area contributed by atoms with Crippen LogP contribution in [0.15, 0.2) is 78.9 Å². The van der Waals surface area contributed by atoms with Gasteiger partial charge in [0.15, 0.2) is 0 Å². The third-order valence-electron chi connectivity index (χ3n) is 5.61. The molecule has 0 N–H and O–H groups in total. The van der Waals surface area contributed by atoms with Crippen LogP contribution in [0.4, 0.5) is 0 Å². The highest BCUT2D eigenvalue weighted by Gasteiger charge is 2.29. The van der Waals surface area contributed by atoms with Gasteiger partial charge in [0, 0.05) is 26.7 Å². The van der Waals surface area contributed by atoms with Crippen molar-refractivity contribution in [2.75, 3.05) is 13.6 Å². The van der Waals surface area contributed by atoms with E-state index in [-0.39, 0.29) is 31.0 Å². The molecule has 3 aromatic rings. The van der Waals surface area contributed by atoms with E-state index in [1.54, 1.807) is 66.7 Å². The first-order chi connectivity index (χ1) is 20.2. The minimum absolute atomic E-state index is 0.0592. The molecule has 0 saturated carbocycles. The minimum Gasteiger partial charge on any atom is -0.438 e. The Labute approximate surface area is 243 Å². The van der Waals surface area contributed by atoms with Crippen LogP contribution in [0.25, 0.3) is 0 Å². The van der Waals surface area contributed by atoms with Crippen molar-refractivity contribution < 1.29 is 51.7 Å². The minimum atomic E-state index is -4.06. The van der Waals surface area contributed by atoms with Crippen LogP contribution in [0.3, 0.4) is 0 Å². The summed E-state index contributed by atoms with van der Waals surface area (Å²) < 4.78 is 44.7. The first-order valence-electron chi connectivity index (χ1n) is 12.9. The molecule has 42 heavy (non-hydrogen) atoms. The molecule has 0 unspecified atom stereocenters. The van der Waals surface area contributed by atoms with Gasteiger partial charge in [0.25, 0.3) is 0 Å². The first kappa shape index (κ1) is 32.2. The zero-order valence-electron chi connectivity index (χ0n) is 23.2. The van der Waals surface area contributed by atoms with Crippen LogP contribution in [0.2, 0.25) is 0 Å². The SMILES string of the molecule is CC(=O)Oc1ccccc1CCC(=O)OCOP(=O)(OCOC(=O)CCc1ccccc1OC(C)=O)c1ccccc1. The molecule has 0 amide bonds. The number of carbonyl (C=O) groups excluding carboxylic acids is 4. The molecule has 3 aromatic carbocycles. The topological polar surface area (TPSA) is 141 Å². The smallest absolute Gasteiger partial charge is 0.367 e. The fourth-order valence-corrected chi connectivity index (χ4v) is 4.96. The van der Waals surface area contributed by atoms with E-state index in [0.717, 1.165) is 0 Å². The summed E-state index contributed by atoms with van der Waals surface area (Å²) in [7, 11) is -4.06. The van der Waals surface area contributed by atoms with Crippen LogP contribution in [0.5, 0.6) is 11.5 Å². The predicted molar refractivity (Wildman–Crippen MR) is 150 cm³/mol. The lowest BCUT2D eigenvalue weighted by molar-refractivity contribution is -0.152. The zero-order chi connectivity index (χ0) is 30.4. The van der Waals surface area contributed by atoms with E-state index in [0.29, 0.717) is 22.6 Å². The number of benzene rings is 3. The molecule has 0 atom stereocenters. The Morgan fingerprint density at radius 1 is 0.595 bits per heavy atom. The Morgan fingerprint density at radius 2 is 1.00 bits per heavy atom. The van der Waals surface area contributed by atoms with Gasteiger partial charge in [-0.15, -0.1) is 0 Å². The quantitative estimate of drug-likeness (QED) is 0.104. The van der Waals surface area contributed by atoms with E-state index in [2.05, 4.69) is 0 Å². The van der Waals surface area contributed by atoms with Crippen molar-refractivity contribution in [2.24, 2.45) is 0 Å². The molecule has 0 aliphatic heterocycles. The molecule has 0 fully saturated rings. The summed E-state index contributed by atoms with van der Waals surface area (Å²) in [5.41, 5.74) is 1.28. The van der Waals surface area contributed by atoms with Gasteiger partial charge in [-0.2, -0.15) is 0 Å². The van der Waals surface area contributed by atoms with Gasteiger partial charge in [0.2, 0.25) is 13.6 Å². The molecule has 0 aliphatic carbocycles. The van der Waals surface area contributed by atoms with E-state index in [1.807, 2.05) is 0 Å². The Hall–Kier alpha value is -4.31. The van der Waals surface area contributed by atoms with Gasteiger partial charge < -0.3 is 18.9 Å². The molecule has 0 radical (unpaired) electrons. The number of ether oxygens (including phenoxy) is 4. The lowest BCUT2D eigenvalue weighted by Crippen LogP contribution is -2.17. The van der Waals surface area contributed by atoms with E-state index < -0.39 is 45.1 Å². The highest BCUT2D eigenvalue weighted by Crippen LogP contribution is 2.46. The number of esters is 4. The fourth-order valence-electron chi connectivity index (χ4n) is 3.67. The van der Waals surface area contributed by atoms with Crippen LogP contribution in [0, 0.1) is 0 Å². The summed E-state index contributed by atoms with van der Waals surface area (Å²) in [5.74, 6) is -1.56. The lowest BCUT2D eigenvalue weighted by Gasteiger charge is -2.18. The van der Waals surface area contributed by atoms with E-state index >= 15 is 0 Å². The average molecular weight is 599 g/mol. The second-order valence-corrected chi connectivity index (χ2v) is 10.8. The number of para-hydroxylation sites is 2. The highest BCUT2D eigenvalue weighted by molar-refractivity contribution is 7.62. The number of hydrogen-bond donors (Lipinski definition) is 0. The second-order valence-electron chi connectivity index (χ2n) is 8.76. The molecule has 0 bridgehead atoms. The Kier molecular flexibility index (Phi) is 12.4. The highest BCUT2D eigenvalue weighted by atomic mass is 31.2. The molecule has 0 saturated heterocycles. The van der Waals surface area contributed by atoms with E-state index in [4.69, 9.17) is 28.0 Å². The summed E-state index contributed by atoms with van der Waals surface area (Å²) in [6, 6.07) is 21.5. The summed E-state index contributed by atoms with van der Waals surface area (Å²) in [6.07, 6.45) is 0.347. The molecule has 0 aromatic heterocycles. The molecule has 0 spiro atoms. The maximum Gasteiger partial charge on any atom is 0.367 e. The number of carbonyl (C=O) groups is 4. The molecule has 12 heteroatoms. The third kappa shape index (κ3) is 10.6. The zero-order valence-corrected chi connectivity index (χ0v) is 24.1. The maximum atomic E-state index is 13.5. The molecule has 0 aliphatic rings. The Morgan fingerprint density at radius 3 is 1.43 bits per heavy atom. The van der Waals surface area contributed by atoms with Crippen molar-refractivity contribution in [3.8, 4) is 11.5 Å². The van der Waals surface area contributed by atoms with Gasteiger partial charge in [-0.1, -0.05) is 54.6 Å². The lowest BCUT2D eigenvalue weighted by atomic mass is 10.1. The van der Waals surface area contributed by atoms with Crippen molar-refractivity contribution >= 4 is 36.8 Å². The monoisotopic (exact) mass is 598 g/mol. The van der Waals surface area contributed by atoms with Crippen LogP contribution >= 0.6 is 7.60 Å². The molecular weight excluding hydrogens is 567 g/mol. The molecule has 11 nitrogen and oxygen atoms in total. The largest absolute Gasteiger partial charge is 0.438 e. The Balaban J connectivity index is 1.50. The Bertz CT molecular complexity index is 1340. The molecule has 222 valence electrons. The normalized spacial score (nSPS) is 10.9. The second kappa shape index (κ2) is 16.2. The standard InChI is InChI=1S/C30H31O11P/c1-22(31)40-27-14-8-6-10-24(27)16-18-29(33)36-20-38-42(35,26-12-4-3-5-13-26)39-21-37-30(34)19-17-25-11-7-9-15-28(25)41-23(2)32/h3-15H,16-21H2,1-2H3. The van der Waals surface area contributed by atoms with Gasteiger partial charge in [0.05, 0.1) is 5.30 Å². The number of aryl methyl sites for hydroxylation is 2. The predicted octanol–water partition coefficient (Wildman–Crippen LogP) is 4.66. The van der Waals surface area contributed by atoms with Gasteiger partial charge in [-0.3, -0.25) is 32.8 Å². The summed E-state index contributed by atoms with van der Waals surface area (Å²) >= 11 is 0. The van der Waals surface area contributed by atoms with Crippen molar-refractivity contribution in [1.29, 1.82) is 0 Å². The number of rotatable bonds is 15. The number of hydrogen-bond acceptors (Lipinski definition) is 11. The molecule has 3 rings (SSSR count). The van der Waals surface area contributed by atoms with Gasteiger partial charge >= 0.3 is 31.5 Å². The average Bonchev–Trinajstić information content (AvgIpc) is 2.96. The van der Waals surface area contributed by atoms with Crippen molar-refractivity contribution in [3.63, 3.8) is 0 Å². The van der Waals surface area contributed by atoms with Gasteiger partial charge in [-0.05, 0) is 48.2 Å². The van der Waals surface area contributed by atoms with Gasteiger partial charge in [-0.25, -0.2) is 0 Å². The van der Waals surface area contributed by atoms with Crippen molar-refractivity contribution in [1.82, 2.24) is 0 Å². The van der Waals surface area contributed by atoms with Crippen LogP contribution in [-0.4, -0.2) is 37.5 Å². The summed E-state index contributed by atoms with van der Waals surface area (Å²) in [5, 5.41) is 0.169. The summed E-state index contributed by atoms with van der Waals surface area (Å²) in [4.78, 5) is 47.2. The maximum absolute atomic E-state index is 13.5. The summed E-state index contributed by atoms with van der Waals surface area (Å²) in [6.45, 7) is 1.20. The third-order valence-corrected chi connectivity index (χ3v) is 7.43. The molecule has 0 heterocycles. The van der Waals surface area contributed by atoms with Crippen LogP contribution in [0.1, 0.15) is 37.8 Å². The van der Waals surface area contributed by atoms with Crippen LogP contribution < -0.4 is 14.8 Å². The van der Waals surface area contributed by atoms with E-state index in [1.165, 1.54) is 26.0 Å². The van der Waals surface area contributed by atoms with Crippen molar-refractivity contribution in [3.05, 3.63) is 90.0 Å². The van der Waals surface area contributed by atoms with Crippen molar-refractivity contribution in [2.45, 2.75) is 39.5 Å².